The van der Waals surface area contributed by atoms with Crippen molar-refractivity contribution >= 4 is 27.5 Å². The van der Waals surface area contributed by atoms with Gasteiger partial charge in [-0.2, -0.15) is 5.10 Å². The lowest BCUT2D eigenvalue weighted by Crippen LogP contribution is -2.14. The molecule has 0 bridgehead atoms. The summed E-state index contributed by atoms with van der Waals surface area (Å²) in [5, 5.41) is 7.44. The van der Waals surface area contributed by atoms with Crippen LogP contribution in [0.2, 0.25) is 0 Å². The fourth-order valence-electron chi connectivity index (χ4n) is 2.16. The number of hydrogen-bond donors (Lipinski definition) is 1. The van der Waals surface area contributed by atoms with E-state index in [0.29, 0.717) is 27.4 Å². The topological polar surface area (TPSA) is 72.7 Å². The van der Waals surface area contributed by atoms with Gasteiger partial charge in [0.2, 0.25) is 0 Å². The minimum Gasteiger partial charge on any atom is -0.317 e. The minimum absolute atomic E-state index is 0.169. The summed E-state index contributed by atoms with van der Waals surface area (Å²) in [5.41, 5.74) is 2.27. The van der Waals surface area contributed by atoms with Gasteiger partial charge in [0.05, 0.1) is 11.4 Å². The van der Waals surface area contributed by atoms with Crippen LogP contribution in [-0.2, 0) is 0 Å². The number of rotatable bonds is 4. The lowest BCUT2D eigenvalue weighted by atomic mass is 10.2. The Bertz CT molecular complexity index is 860. The quantitative estimate of drug-likeness (QED) is 0.690. The molecule has 24 heavy (non-hydrogen) atoms. The third-order valence-corrected chi connectivity index (χ3v) is 3.81. The average Bonchev–Trinajstić information content (AvgIpc) is 3.00. The van der Waals surface area contributed by atoms with E-state index in [-0.39, 0.29) is 11.9 Å². The zero-order chi connectivity index (χ0) is 17.1. The van der Waals surface area contributed by atoms with Crippen LogP contribution in [0.5, 0.6) is 0 Å². The lowest BCUT2D eigenvalue weighted by Gasteiger charge is -2.05. The molecule has 3 rings (SSSR count). The molecule has 0 spiro atoms. The van der Waals surface area contributed by atoms with Gasteiger partial charge in [-0.15, -0.1) is 0 Å². The standard InChI is InChI=1S/C17H16BrN5O/c1-11(2)23-10-14(16(22-23)12-6-3-4-9-19-12)21-17(24)13-7-5-8-15(18)20-13/h3-11H,1-2H3,(H,21,24). The van der Waals surface area contributed by atoms with Gasteiger partial charge < -0.3 is 5.32 Å². The number of aromatic nitrogens is 4. The fourth-order valence-corrected chi connectivity index (χ4v) is 2.50. The number of pyridine rings is 2. The molecule has 0 aliphatic carbocycles. The van der Waals surface area contributed by atoms with Gasteiger partial charge in [0.1, 0.15) is 16.0 Å². The van der Waals surface area contributed by atoms with Crippen LogP contribution >= 0.6 is 15.9 Å². The first-order chi connectivity index (χ1) is 11.5. The monoisotopic (exact) mass is 385 g/mol. The summed E-state index contributed by atoms with van der Waals surface area (Å²) in [6.07, 6.45) is 3.51. The van der Waals surface area contributed by atoms with E-state index in [2.05, 4.69) is 36.3 Å². The summed E-state index contributed by atoms with van der Waals surface area (Å²) < 4.78 is 2.41. The Balaban J connectivity index is 1.96. The Morgan fingerprint density at radius 1 is 1.21 bits per heavy atom. The Kier molecular flexibility index (Phi) is 4.71. The van der Waals surface area contributed by atoms with Crippen LogP contribution in [-0.4, -0.2) is 25.7 Å². The molecule has 0 radical (unpaired) electrons. The smallest absolute Gasteiger partial charge is 0.274 e. The molecule has 0 saturated heterocycles. The lowest BCUT2D eigenvalue weighted by molar-refractivity contribution is 0.102. The van der Waals surface area contributed by atoms with Crippen LogP contribution in [0, 0.1) is 0 Å². The second-order valence-corrected chi connectivity index (χ2v) is 6.29. The van der Waals surface area contributed by atoms with Gasteiger partial charge in [0.15, 0.2) is 0 Å². The highest BCUT2D eigenvalue weighted by Crippen LogP contribution is 2.26. The number of anilines is 1. The maximum Gasteiger partial charge on any atom is 0.274 e. The van der Waals surface area contributed by atoms with Gasteiger partial charge in [-0.25, -0.2) is 4.98 Å². The molecule has 0 unspecified atom stereocenters. The molecule has 3 aromatic rings. The van der Waals surface area contributed by atoms with Gasteiger partial charge in [-0.1, -0.05) is 12.1 Å². The summed E-state index contributed by atoms with van der Waals surface area (Å²) in [6.45, 7) is 4.05. The van der Waals surface area contributed by atoms with Crippen LogP contribution in [0.25, 0.3) is 11.4 Å². The maximum absolute atomic E-state index is 12.5. The fraction of sp³-hybridized carbons (Fsp3) is 0.176. The van der Waals surface area contributed by atoms with Crippen molar-refractivity contribution in [3.8, 4) is 11.4 Å². The Morgan fingerprint density at radius 2 is 2.04 bits per heavy atom. The Morgan fingerprint density at radius 3 is 2.71 bits per heavy atom. The highest BCUT2D eigenvalue weighted by molar-refractivity contribution is 9.10. The molecule has 0 atom stereocenters. The summed E-state index contributed by atoms with van der Waals surface area (Å²) in [6, 6.07) is 11.0. The van der Waals surface area contributed by atoms with Crippen molar-refractivity contribution in [1.29, 1.82) is 0 Å². The number of halogens is 1. The molecule has 0 fully saturated rings. The van der Waals surface area contributed by atoms with E-state index in [1.54, 1.807) is 29.1 Å². The van der Waals surface area contributed by atoms with Gasteiger partial charge in [-0.05, 0) is 54.0 Å². The summed E-state index contributed by atoms with van der Waals surface area (Å²) in [5.74, 6) is -0.295. The molecule has 7 heteroatoms. The van der Waals surface area contributed by atoms with Gasteiger partial charge in [0.25, 0.3) is 5.91 Å². The normalized spacial score (nSPS) is 10.8. The largest absolute Gasteiger partial charge is 0.317 e. The van der Waals surface area contributed by atoms with Crippen LogP contribution in [0.1, 0.15) is 30.4 Å². The molecule has 3 heterocycles. The van der Waals surface area contributed by atoms with Crippen LogP contribution in [0.4, 0.5) is 5.69 Å². The summed E-state index contributed by atoms with van der Waals surface area (Å²) in [7, 11) is 0. The number of amides is 1. The predicted molar refractivity (Wildman–Crippen MR) is 95.7 cm³/mol. The van der Waals surface area contributed by atoms with Crippen LogP contribution < -0.4 is 5.32 Å². The van der Waals surface area contributed by atoms with E-state index in [0.717, 1.165) is 0 Å². The van der Waals surface area contributed by atoms with Crippen molar-refractivity contribution in [2.45, 2.75) is 19.9 Å². The number of carbonyl (C=O) groups excluding carboxylic acids is 1. The number of nitrogens with zero attached hydrogens (tertiary/aromatic N) is 4. The molecular weight excluding hydrogens is 370 g/mol. The predicted octanol–water partition coefficient (Wildman–Crippen LogP) is 3.94. The molecule has 0 aromatic carbocycles. The van der Waals surface area contributed by atoms with Crippen molar-refractivity contribution in [1.82, 2.24) is 19.7 Å². The van der Waals surface area contributed by atoms with E-state index in [1.165, 1.54) is 0 Å². The maximum atomic E-state index is 12.5. The summed E-state index contributed by atoms with van der Waals surface area (Å²) in [4.78, 5) is 21.0. The third kappa shape index (κ3) is 3.51. The van der Waals surface area contributed by atoms with Crippen LogP contribution in [0.15, 0.2) is 53.4 Å². The highest BCUT2D eigenvalue weighted by Gasteiger charge is 2.17. The highest BCUT2D eigenvalue weighted by atomic mass is 79.9. The van der Waals surface area contributed by atoms with E-state index >= 15 is 0 Å². The summed E-state index contributed by atoms with van der Waals surface area (Å²) >= 11 is 3.27. The van der Waals surface area contributed by atoms with E-state index < -0.39 is 0 Å². The van der Waals surface area contributed by atoms with Crippen molar-refractivity contribution in [3.05, 3.63) is 59.1 Å². The molecule has 0 aliphatic heterocycles. The van der Waals surface area contributed by atoms with Crippen molar-refractivity contribution in [2.75, 3.05) is 5.32 Å². The van der Waals surface area contributed by atoms with Crippen molar-refractivity contribution in [3.63, 3.8) is 0 Å². The number of nitrogens with one attached hydrogen (secondary N) is 1. The molecule has 0 saturated carbocycles. The molecule has 3 aromatic heterocycles. The van der Waals surface area contributed by atoms with E-state index in [4.69, 9.17) is 0 Å². The molecular formula is C17H16BrN5O. The van der Waals surface area contributed by atoms with E-state index in [1.807, 2.05) is 38.2 Å². The Hall–Kier alpha value is -2.54. The Labute approximate surface area is 148 Å². The van der Waals surface area contributed by atoms with Crippen molar-refractivity contribution < 1.29 is 4.79 Å². The van der Waals surface area contributed by atoms with Gasteiger partial charge in [0, 0.05) is 18.4 Å². The average molecular weight is 386 g/mol. The first-order valence-corrected chi connectivity index (χ1v) is 8.28. The SMILES string of the molecule is CC(C)n1cc(NC(=O)c2cccc(Br)n2)c(-c2ccccn2)n1. The van der Waals surface area contributed by atoms with Gasteiger partial charge in [-0.3, -0.25) is 14.5 Å². The molecule has 1 amide bonds. The molecule has 1 N–H and O–H groups in total. The second-order valence-electron chi connectivity index (χ2n) is 5.48. The first-order valence-electron chi connectivity index (χ1n) is 7.49. The molecule has 6 nitrogen and oxygen atoms in total. The minimum atomic E-state index is -0.295. The molecule has 0 aliphatic rings. The third-order valence-electron chi connectivity index (χ3n) is 3.36. The number of carbonyl (C=O) groups is 1. The van der Waals surface area contributed by atoms with Gasteiger partial charge >= 0.3 is 0 Å². The molecule has 122 valence electrons. The second kappa shape index (κ2) is 6.92. The number of hydrogen-bond acceptors (Lipinski definition) is 4. The zero-order valence-electron chi connectivity index (χ0n) is 13.3. The van der Waals surface area contributed by atoms with E-state index in [9.17, 15) is 4.79 Å². The zero-order valence-corrected chi connectivity index (χ0v) is 14.9. The van der Waals surface area contributed by atoms with Crippen LogP contribution in [0.3, 0.4) is 0 Å². The first kappa shape index (κ1) is 16.3. The van der Waals surface area contributed by atoms with Crippen molar-refractivity contribution in [2.24, 2.45) is 0 Å².